The Morgan fingerprint density at radius 1 is 1.26 bits per heavy atom. The molecule has 0 aliphatic carbocycles. The van der Waals surface area contributed by atoms with Crippen LogP contribution in [0, 0.1) is 17.2 Å². The Bertz CT molecular complexity index is 1460. The fourth-order valence-electron chi connectivity index (χ4n) is 5.45. The molecule has 224 valence electrons. The van der Waals surface area contributed by atoms with Crippen LogP contribution in [0.25, 0.3) is 0 Å². The van der Waals surface area contributed by atoms with Crippen molar-refractivity contribution >= 4 is 25.9 Å². The number of nitrogens with zero attached hydrogens (tertiary/aromatic N) is 4. The Balaban J connectivity index is 1.36. The Hall–Kier alpha value is -3.41. The Morgan fingerprint density at radius 3 is 2.64 bits per heavy atom. The van der Waals surface area contributed by atoms with E-state index in [2.05, 4.69) is 15.2 Å². The molecule has 1 aromatic rings. The molecule has 2 unspecified atom stereocenters. The van der Waals surface area contributed by atoms with E-state index in [1.54, 1.807) is 30.4 Å². The molecule has 4 aliphatic rings. The van der Waals surface area contributed by atoms with Crippen LogP contribution in [0.15, 0.2) is 64.0 Å². The van der Waals surface area contributed by atoms with Gasteiger partial charge in [0.15, 0.2) is 18.3 Å². The lowest BCUT2D eigenvalue weighted by atomic mass is 9.96. The number of benzene rings is 1. The van der Waals surface area contributed by atoms with Gasteiger partial charge in [0, 0.05) is 12.2 Å². The quantitative estimate of drug-likeness (QED) is 0.118. The smallest absolute Gasteiger partial charge is 0.459 e. The van der Waals surface area contributed by atoms with Crippen LogP contribution in [-0.4, -0.2) is 75.7 Å². The maximum absolute atomic E-state index is 14.0. The number of quaternary nitrogens is 1. The molecule has 15 heteroatoms. The van der Waals surface area contributed by atoms with E-state index >= 15 is 0 Å². The topological polar surface area (TPSA) is 198 Å². The first-order valence-electron chi connectivity index (χ1n) is 13.6. The normalized spacial score (nSPS) is 32.6. The molecule has 7 atom stereocenters. The summed E-state index contributed by atoms with van der Waals surface area (Å²) in [6, 6.07) is 8.83. The average Bonchev–Trinajstić information content (AvgIpc) is 3.20. The zero-order valence-electron chi connectivity index (χ0n) is 23.4. The Labute approximate surface area is 242 Å². The summed E-state index contributed by atoms with van der Waals surface area (Å²) < 4.78 is 36.5. The molecule has 4 aliphatic heterocycles. The van der Waals surface area contributed by atoms with Crippen molar-refractivity contribution in [1.29, 1.82) is 5.26 Å². The van der Waals surface area contributed by atoms with Crippen LogP contribution in [0.2, 0.25) is 0 Å². The summed E-state index contributed by atoms with van der Waals surface area (Å²) >= 11 is 0. The number of nitrogens with one attached hydrogen (secondary N) is 1. The molecule has 2 spiro atoms. The van der Waals surface area contributed by atoms with Gasteiger partial charge in [0.1, 0.15) is 30.6 Å². The highest BCUT2D eigenvalue weighted by molar-refractivity contribution is 7.52. The SMILES string of the molecule is CCC(CC)COC(=O)[C@H](C)NP(=O)(OC[C@@]1(C#N)O[C@@]2(C3=CC=C4C(N)=NC=N[N+]432)[C@H](O)[C@@H]1O)Oc1ccccc1. The van der Waals surface area contributed by atoms with Crippen LogP contribution in [0.3, 0.4) is 0 Å². The second kappa shape index (κ2) is 11.0. The van der Waals surface area contributed by atoms with Crippen LogP contribution in [0.4, 0.5) is 0 Å². The predicted molar refractivity (Wildman–Crippen MR) is 149 cm³/mol. The van der Waals surface area contributed by atoms with E-state index in [1.165, 1.54) is 25.4 Å². The van der Waals surface area contributed by atoms with Gasteiger partial charge >= 0.3 is 19.4 Å². The molecule has 4 heterocycles. The molecule has 0 amide bonds. The molecule has 0 aromatic heterocycles. The van der Waals surface area contributed by atoms with Gasteiger partial charge in [-0.05, 0) is 25.0 Å². The van der Waals surface area contributed by atoms with Gasteiger partial charge in [0.2, 0.25) is 17.0 Å². The number of hydrogen-bond donors (Lipinski definition) is 4. The number of fused-ring (bicyclic) bond motifs is 1. The van der Waals surface area contributed by atoms with Crippen molar-refractivity contribution < 1.29 is 42.7 Å². The second-order valence-electron chi connectivity index (χ2n) is 10.5. The number of nitrogens with two attached hydrogens (primary N) is 1. The number of carbonyl (C=O) groups is 1. The first kappa shape index (κ1) is 30.1. The molecule has 0 bridgehead atoms. The summed E-state index contributed by atoms with van der Waals surface area (Å²) in [4.78, 5) is 16.7. The second-order valence-corrected chi connectivity index (χ2v) is 12.2. The third-order valence-corrected chi connectivity index (χ3v) is 9.65. The summed E-state index contributed by atoms with van der Waals surface area (Å²) in [6.45, 7) is 4.82. The maximum Gasteiger partial charge on any atom is 0.459 e. The first-order valence-corrected chi connectivity index (χ1v) is 15.2. The number of nitriles is 1. The molecule has 2 saturated heterocycles. The molecule has 0 radical (unpaired) electrons. The van der Waals surface area contributed by atoms with Gasteiger partial charge in [0.25, 0.3) is 0 Å². The molecule has 5 rings (SSSR count). The van der Waals surface area contributed by atoms with Gasteiger partial charge in [-0.15, -0.1) is 0 Å². The number of aliphatic imine (C=N–C) groups is 1. The molecule has 1 aromatic carbocycles. The lowest BCUT2D eigenvalue weighted by Gasteiger charge is -2.28. The zero-order chi connectivity index (χ0) is 30.3. The molecule has 5 N–H and O–H groups in total. The van der Waals surface area contributed by atoms with E-state index in [9.17, 15) is 24.8 Å². The van der Waals surface area contributed by atoms with Gasteiger partial charge in [0.05, 0.1) is 6.61 Å². The van der Waals surface area contributed by atoms with E-state index < -0.39 is 54.5 Å². The highest BCUT2D eigenvalue weighted by atomic mass is 31.2. The largest absolute Gasteiger partial charge is 0.464 e. The summed E-state index contributed by atoms with van der Waals surface area (Å²) in [6.07, 6.45) is 2.71. The van der Waals surface area contributed by atoms with E-state index in [0.717, 1.165) is 12.8 Å². The molecule has 42 heavy (non-hydrogen) atoms. The Morgan fingerprint density at radius 2 is 1.98 bits per heavy atom. The number of aliphatic hydroxyl groups excluding tert-OH is 2. The summed E-state index contributed by atoms with van der Waals surface area (Å²) in [5, 5.41) is 39.5. The lowest BCUT2D eigenvalue weighted by Crippen LogP contribution is -2.46. The minimum Gasteiger partial charge on any atom is -0.464 e. The van der Waals surface area contributed by atoms with Crippen molar-refractivity contribution in [1.82, 2.24) is 5.09 Å². The third-order valence-electron chi connectivity index (χ3n) is 8.02. The Kier molecular flexibility index (Phi) is 7.88. The number of aliphatic hydroxyl groups is 2. The summed E-state index contributed by atoms with van der Waals surface area (Å²) in [7, 11) is -4.43. The number of amidine groups is 1. The van der Waals surface area contributed by atoms with Crippen molar-refractivity contribution in [3.05, 3.63) is 53.9 Å². The molecular weight excluding hydrogens is 567 g/mol. The van der Waals surface area contributed by atoms with Gasteiger partial charge in [-0.25, -0.2) is 9.56 Å². The zero-order valence-corrected chi connectivity index (χ0v) is 24.3. The number of ether oxygens (including phenoxy) is 2. The fourth-order valence-corrected chi connectivity index (χ4v) is 6.97. The minimum absolute atomic E-state index is 0.138. The van der Waals surface area contributed by atoms with Crippen LogP contribution in [-0.2, 0) is 23.4 Å². The standard InChI is InChI=1S/C27H34N6O8P/c1-4-18(5-2)13-38-25(36)17(3)32-42(37,40-19-9-7-6-8-10-19)39-15-26(14-28)22(34)23(35)27(41-26)21-12-11-20-24(29)30-16-31-33(20,21)27/h6-12,16-18,22-23,34-35H,4-5,13,15H2,1-3H3,(H,32,37)(H2,29,30,31)/q+1/t17-,22-,23+,26+,27-,33?,42?/m0/s1. The molecule has 0 saturated carbocycles. The fraction of sp³-hybridized carbons (Fsp3) is 0.481. The van der Waals surface area contributed by atoms with Crippen molar-refractivity contribution in [3.8, 4) is 11.8 Å². The number of para-hydroxylation sites is 1. The van der Waals surface area contributed by atoms with Gasteiger partial charge in [-0.3, -0.25) is 14.1 Å². The van der Waals surface area contributed by atoms with E-state index in [4.69, 9.17) is 24.3 Å². The van der Waals surface area contributed by atoms with Crippen LogP contribution < -0.4 is 15.3 Å². The van der Waals surface area contributed by atoms with Crippen molar-refractivity contribution in [2.45, 2.75) is 63.2 Å². The van der Waals surface area contributed by atoms with Crippen LogP contribution >= 0.6 is 7.75 Å². The van der Waals surface area contributed by atoms with E-state index in [0.29, 0.717) is 11.4 Å². The van der Waals surface area contributed by atoms with Crippen molar-refractivity contribution in [2.24, 2.45) is 21.7 Å². The monoisotopic (exact) mass is 601 g/mol. The molecule has 2 fully saturated rings. The van der Waals surface area contributed by atoms with Crippen LogP contribution in [0.1, 0.15) is 33.6 Å². The lowest BCUT2D eigenvalue weighted by molar-refractivity contribution is -0.798. The van der Waals surface area contributed by atoms with Gasteiger partial charge in [-0.2, -0.15) is 10.3 Å². The predicted octanol–water partition coefficient (Wildman–Crippen LogP) is 1.78. The summed E-state index contributed by atoms with van der Waals surface area (Å²) in [5.74, 6) is -0.203. The molecule has 14 nitrogen and oxygen atoms in total. The maximum atomic E-state index is 14.0. The van der Waals surface area contributed by atoms with Crippen LogP contribution in [0.5, 0.6) is 5.75 Å². The number of hydrogen-bond acceptors (Lipinski definition) is 12. The summed E-state index contributed by atoms with van der Waals surface area (Å²) in [5.41, 5.74) is 3.00. The van der Waals surface area contributed by atoms with Crippen molar-refractivity contribution in [3.63, 3.8) is 0 Å². The highest BCUT2D eigenvalue weighted by Gasteiger charge is 2.94. The first-order chi connectivity index (χ1) is 20.0. The van der Waals surface area contributed by atoms with Crippen molar-refractivity contribution in [2.75, 3.05) is 13.2 Å². The minimum atomic E-state index is -4.43. The van der Waals surface area contributed by atoms with E-state index in [1.807, 2.05) is 19.9 Å². The highest BCUT2D eigenvalue weighted by Crippen LogP contribution is 2.69. The average molecular weight is 602 g/mol. The number of rotatable bonds is 12. The molecular formula is C27H34N6O8P+. The number of allylic oxidation sites excluding steroid dienone is 2. The number of carbonyl (C=O) groups excluding carboxylic acids is 1. The third kappa shape index (κ3) is 4.58. The number of esters is 1. The van der Waals surface area contributed by atoms with Gasteiger partial charge in [-0.1, -0.05) is 54.6 Å². The van der Waals surface area contributed by atoms with E-state index in [-0.39, 0.29) is 24.1 Å². The van der Waals surface area contributed by atoms with Gasteiger partial charge < -0.3 is 25.2 Å².